The Hall–Kier alpha value is -1.05. The molecule has 0 aliphatic carbocycles. The molecule has 0 aromatic heterocycles. The second kappa shape index (κ2) is 8.87. The summed E-state index contributed by atoms with van der Waals surface area (Å²) in [6.07, 6.45) is -4.49. The molecular weight excluding hydrogens is 539 g/mol. The molecule has 20 heteroatoms. The van der Waals surface area contributed by atoms with Gasteiger partial charge in [0.25, 0.3) is 0 Å². The van der Waals surface area contributed by atoms with E-state index in [2.05, 4.69) is 8.85 Å². The summed E-state index contributed by atoms with van der Waals surface area (Å²) in [5, 5.41) is 0. The fourth-order valence-electron chi connectivity index (χ4n) is 2.08. The molecule has 0 bridgehead atoms. The third-order valence-electron chi connectivity index (χ3n) is 4.30. The Morgan fingerprint density at radius 3 is 1.09 bits per heavy atom. The normalized spacial score (nSPS) is 17.0. The maximum atomic E-state index is 13.6. The predicted molar refractivity (Wildman–Crippen MR) is 76.1 cm³/mol. The molecule has 0 rings (SSSR count). The molecule has 0 amide bonds. The molecule has 200 valence electrons. The molecule has 0 aromatic rings. The Bertz CT molecular complexity index is 674. The summed E-state index contributed by atoms with van der Waals surface area (Å²) < 4.78 is 236. The van der Waals surface area contributed by atoms with Crippen molar-refractivity contribution in [2.75, 3.05) is 14.2 Å². The standard InChI is InChI=1S/C13H13F17O2Si/c1-5(14)7(17,18)9(21,22)11(25,26)13(29,30)12(27,28)10(23,24)8(19,20)6(15,16)4-33(31-2)32-3/h5,33H,4H2,1-3H3. The van der Waals surface area contributed by atoms with Gasteiger partial charge in [0.05, 0.1) is 6.04 Å². The molecule has 0 saturated carbocycles. The fourth-order valence-corrected chi connectivity index (χ4v) is 3.28. The van der Waals surface area contributed by atoms with E-state index >= 15 is 0 Å². The van der Waals surface area contributed by atoms with Crippen LogP contribution in [0.15, 0.2) is 0 Å². The SMILES string of the molecule is CO[SiH](CC(F)(F)C(F)(F)C(F)(F)C(F)(F)C(F)(F)C(F)(F)C(F)(F)C(F)(F)C(C)F)OC. The van der Waals surface area contributed by atoms with Crippen LogP contribution in [0.4, 0.5) is 74.6 Å². The van der Waals surface area contributed by atoms with E-state index in [9.17, 15) is 74.6 Å². The second-order valence-corrected chi connectivity index (χ2v) is 8.71. The largest absolute Gasteiger partial charge is 0.400 e. The van der Waals surface area contributed by atoms with Crippen LogP contribution in [0.25, 0.3) is 0 Å². The lowest BCUT2D eigenvalue weighted by molar-refractivity contribution is -0.454. The molecule has 0 aliphatic rings. The van der Waals surface area contributed by atoms with E-state index in [0.29, 0.717) is 14.2 Å². The van der Waals surface area contributed by atoms with Crippen molar-refractivity contribution in [3.63, 3.8) is 0 Å². The van der Waals surface area contributed by atoms with Crippen LogP contribution in [0, 0.1) is 0 Å². The van der Waals surface area contributed by atoms with Gasteiger partial charge in [-0.15, -0.1) is 0 Å². The van der Waals surface area contributed by atoms with Gasteiger partial charge in [0.15, 0.2) is 6.17 Å². The Morgan fingerprint density at radius 1 is 0.545 bits per heavy atom. The van der Waals surface area contributed by atoms with Crippen molar-refractivity contribution in [1.82, 2.24) is 0 Å². The molecule has 0 N–H and O–H groups in total. The van der Waals surface area contributed by atoms with Gasteiger partial charge in [0.1, 0.15) is 0 Å². The van der Waals surface area contributed by atoms with Crippen molar-refractivity contribution in [1.29, 1.82) is 0 Å². The average Bonchev–Trinajstić information content (AvgIpc) is 2.64. The smallest absolute Gasteiger partial charge is 0.385 e. The van der Waals surface area contributed by atoms with Gasteiger partial charge in [-0.3, -0.25) is 0 Å². The molecular formula is C13H13F17O2Si. The van der Waals surface area contributed by atoms with E-state index < -0.39 is 75.8 Å². The minimum Gasteiger partial charge on any atom is -0.400 e. The van der Waals surface area contributed by atoms with Crippen LogP contribution in [-0.2, 0) is 8.85 Å². The Morgan fingerprint density at radius 2 is 0.818 bits per heavy atom. The van der Waals surface area contributed by atoms with Crippen LogP contribution in [0.3, 0.4) is 0 Å². The molecule has 2 nitrogen and oxygen atoms in total. The van der Waals surface area contributed by atoms with Gasteiger partial charge in [-0.05, 0) is 6.92 Å². The predicted octanol–water partition coefficient (Wildman–Crippen LogP) is 5.94. The highest BCUT2D eigenvalue weighted by atomic mass is 28.3. The van der Waals surface area contributed by atoms with Crippen LogP contribution in [0.2, 0.25) is 6.04 Å². The van der Waals surface area contributed by atoms with Crippen molar-refractivity contribution in [3.8, 4) is 0 Å². The van der Waals surface area contributed by atoms with Crippen LogP contribution in [0.5, 0.6) is 0 Å². The van der Waals surface area contributed by atoms with Crippen LogP contribution >= 0.6 is 0 Å². The Labute approximate surface area is 174 Å². The fraction of sp³-hybridized carbons (Fsp3) is 1.00. The van der Waals surface area contributed by atoms with Gasteiger partial charge >= 0.3 is 56.7 Å². The first-order valence-corrected chi connectivity index (χ1v) is 9.67. The zero-order valence-corrected chi connectivity index (χ0v) is 17.3. The molecule has 0 aromatic carbocycles. The summed E-state index contributed by atoms with van der Waals surface area (Å²) in [6.45, 7) is -0.643. The lowest BCUT2D eigenvalue weighted by Gasteiger charge is -2.44. The lowest BCUT2D eigenvalue weighted by atomic mass is 9.87. The van der Waals surface area contributed by atoms with Crippen molar-refractivity contribution >= 4 is 9.28 Å². The number of rotatable bonds is 12. The van der Waals surface area contributed by atoms with Crippen LogP contribution < -0.4 is 0 Å². The first kappa shape index (κ1) is 31.9. The van der Waals surface area contributed by atoms with Crippen molar-refractivity contribution in [2.45, 2.75) is 66.5 Å². The second-order valence-electron chi connectivity index (χ2n) is 6.49. The maximum Gasteiger partial charge on any atom is 0.385 e. The van der Waals surface area contributed by atoms with E-state index in [1.54, 1.807) is 0 Å². The summed E-state index contributed by atoms with van der Waals surface area (Å²) in [7, 11) is -3.10. The molecule has 1 atom stereocenters. The molecule has 0 heterocycles. The molecule has 0 radical (unpaired) electrons. The van der Waals surface area contributed by atoms with Gasteiger partial charge in [0.2, 0.25) is 0 Å². The number of hydrogen-bond donors (Lipinski definition) is 0. The van der Waals surface area contributed by atoms with Crippen molar-refractivity contribution in [2.24, 2.45) is 0 Å². The summed E-state index contributed by atoms with van der Waals surface area (Å²) in [5.74, 6) is -62.7. The number of hydrogen-bond acceptors (Lipinski definition) is 2. The highest BCUT2D eigenvalue weighted by Gasteiger charge is 2.95. The van der Waals surface area contributed by atoms with Gasteiger partial charge in [-0.25, -0.2) is 4.39 Å². The number of alkyl halides is 17. The summed E-state index contributed by atoms with van der Waals surface area (Å²) >= 11 is 0. The lowest BCUT2D eigenvalue weighted by Crippen LogP contribution is -2.75. The van der Waals surface area contributed by atoms with Crippen LogP contribution in [-0.4, -0.2) is 77.1 Å². The Kier molecular flexibility index (Phi) is 8.58. The summed E-state index contributed by atoms with van der Waals surface area (Å²) in [5.41, 5.74) is 0. The quantitative estimate of drug-likeness (QED) is 0.221. The number of halogens is 17. The Balaban J connectivity index is 6.74. The highest BCUT2D eigenvalue weighted by molar-refractivity contribution is 6.44. The monoisotopic (exact) mass is 552 g/mol. The topological polar surface area (TPSA) is 18.5 Å². The highest BCUT2D eigenvalue weighted by Crippen LogP contribution is 2.64. The van der Waals surface area contributed by atoms with E-state index in [0.717, 1.165) is 0 Å². The molecule has 33 heavy (non-hydrogen) atoms. The van der Waals surface area contributed by atoms with E-state index in [-0.39, 0.29) is 0 Å². The minimum atomic E-state index is -8.57. The third-order valence-corrected chi connectivity index (χ3v) is 6.20. The summed E-state index contributed by atoms with van der Waals surface area (Å²) in [6, 6.07) is -2.64. The average molecular weight is 552 g/mol. The molecule has 0 aliphatic heterocycles. The van der Waals surface area contributed by atoms with Gasteiger partial charge in [-0.2, -0.15) is 70.2 Å². The molecule has 0 spiro atoms. The van der Waals surface area contributed by atoms with Crippen molar-refractivity contribution in [3.05, 3.63) is 0 Å². The van der Waals surface area contributed by atoms with Gasteiger partial charge in [-0.1, -0.05) is 0 Å². The first-order chi connectivity index (χ1) is 14.2. The van der Waals surface area contributed by atoms with Crippen molar-refractivity contribution < 1.29 is 83.5 Å². The first-order valence-electron chi connectivity index (χ1n) is 7.91. The minimum absolute atomic E-state index is 0.490. The maximum absolute atomic E-state index is 13.6. The molecule has 0 fully saturated rings. The van der Waals surface area contributed by atoms with Gasteiger partial charge in [0, 0.05) is 14.2 Å². The van der Waals surface area contributed by atoms with E-state index in [1.807, 2.05) is 0 Å². The van der Waals surface area contributed by atoms with E-state index in [1.165, 1.54) is 0 Å². The van der Waals surface area contributed by atoms with E-state index in [4.69, 9.17) is 0 Å². The zero-order valence-electron chi connectivity index (χ0n) is 16.1. The van der Waals surface area contributed by atoms with Gasteiger partial charge < -0.3 is 8.85 Å². The zero-order chi connectivity index (χ0) is 27.3. The summed E-state index contributed by atoms with van der Waals surface area (Å²) in [4.78, 5) is 0. The third kappa shape index (κ3) is 4.38. The van der Waals surface area contributed by atoms with Crippen LogP contribution in [0.1, 0.15) is 6.92 Å². The molecule has 1 unspecified atom stereocenters. The molecule has 0 saturated heterocycles.